The van der Waals surface area contributed by atoms with Crippen LogP contribution in [0.2, 0.25) is 0 Å². The molecular weight excluding hydrogens is 322 g/mol. The van der Waals surface area contributed by atoms with E-state index in [2.05, 4.69) is 57.8 Å². The third kappa shape index (κ3) is 3.68. The predicted molar refractivity (Wildman–Crippen MR) is 84.7 cm³/mol. The second-order valence-electron chi connectivity index (χ2n) is 4.75. The first kappa shape index (κ1) is 14.8. The maximum atomic E-state index is 4.46. The summed E-state index contributed by atoms with van der Waals surface area (Å²) in [5.41, 5.74) is 2.42. The average molecular weight is 342 g/mol. The van der Waals surface area contributed by atoms with Crippen LogP contribution in [0.3, 0.4) is 0 Å². The summed E-state index contributed by atoms with van der Waals surface area (Å²) in [6.07, 6.45) is 4.27. The van der Waals surface area contributed by atoms with Crippen LogP contribution in [0.4, 0.5) is 0 Å². The molecule has 5 heteroatoms. The van der Waals surface area contributed by atoms with Crippen LogP contribution in [0, 0.1) is 6.92 Å². The molecule has 0 saturated heterocycles. The van der Waals surface area contributed by atoms with Gasteiger partial charge in [0.1, 0.15) is 0 Å². The van der Waals surface area contributed by atoms with Crippen LogP contribution < -0.4 is 5.32 Å². The molecule has 0 fully saturated rings. The minimum absolute atomic E-state index is 0.337. The standard InChI is InChI=1S/C14H20BrN3S/c1-4-6-16-13(8-14-12(15)5-7-19-14)11-9-18(3)17-10(11)2/h5,7,9,13,16H,4,6,8H2,1-3H3. The van der Waals surface area contributed by atoms with Crippen molar-refractivity contribution in [3.8, 4) is 0 Å². The SMILES string of the molecule is CCCNC(Cc1sccc1Br)c1cn(C)nc1C. The van der Waals surface area contributed by atoms with E-state index in [1.807, 2.05) is 11.7 Å². The summed E-state index contributed by atoms with van der Waals surface area (Å²) in [4.78, 5) is 1.39. The van der Waals surface area contributed by atoms with Gasteiger partial charge < -0.3 is 5.32 Å². The molecule has 1 unspecified atom stereocenters. The van der Waals surface area contributed by atoms with Gasteiger partial charge in [0.15, 0.2) is 0 Å². The van der Waals surface area contributed by atoms with Crippen LogP contribution in [0.15, 0.2) is 22.1 Å². The molecule has 2 aromatic heterocycles. The Kier molecular flexibility index (Phi) is 5.19. The quantitative estimate of drug-likeness (QED) is 0.865. The molecule has 3 nitrogen and oxygen atoms in total. The van der Waals surface area contributed by atoms with Gasteiger partial charge in [-0.05, 0) is 47.3 Å². The lowest BCUT2D eigenvalue weighted by Gasteiger charge is -2.17. The summed E-state index contributed by atoms with van der Waals surface area (Å²) in [6, 6.07) is 2.45. The van der Waals surface area contributed by atoms with Crippen LogP contribution in [-0.2, 0) is 13.5 Å². The Balaban J connectivity index is 2.20. The summed E-state index contributed by atoms with van der Waals surface area (Å²) < 4.78 is 3.11. The third-order valence-electron chi connectivity index (χ3n) is 3.15. The van der Waals surface area contributed by atoms with Crippen molar-refractivity contribution in [3.05, 3.63) is 38.3 Å². The fourth-order valence-electron chi connectivity index (χ4n) is 2.23. The molecular formula is C14H20BrN3S. The van der Waals surface area contributed by atoms with E-state index in [-0.39, 0.29) is 0 Å². The number of hydrogen-bond donors (Lipinski definition) is 1. The molecule has 2 rings (SSSR count). The lowest BCUT2D eigenvalue weighted by atomic mass is 10.0. The zero-order valence-corrected chi connectivity index (χ0v) is 14.0. The van der Waals surface area contributed by atoms with Crippen LogP contribution >= 0.6 is 27.3 Å². The van der Waals surface area contributed by atoms with Gasteiger partial charge in [-0.3, -0.25) is 4.68 Å². The molecule has 0 spiro atoms. The van der Waals surface area contributed by atoms with Gasteiger partial charge in [0.25, 0.3) is 0 Å². The topological polar surface area (TPSA) is 29.9 Å². The van der Waals surface area contributed by atoms with E-state index in [1.54, 1.807) is 11.3 Å². The molecule has 0 bridgehead atoms. The van der Waals surface area contributed by atoms with Crippen LogP contribution in [0.1, 0.15) is 35.5 Å². The minimum Gasteiger partial charge on any atom is -0.310 e. The molecule has 19 heavy (non-hydrogen) atoms. The van der Waals surface area contributed by atoms with Gasteiger partial charge in [-0.1, -0.05) is 6.92 Å². The molecule has 0 aromatic carbocycles. The molecule has 104 valence electrons. The summed E-state index contributed by atoms with van der Waals surface area (Å²) >= 11 is 5.43. The number of halogens is 1. The number of aryl methyl sites for hydroxylation is 2. The van der Waals surface area contributed by atoms with E-state index in [4.69, 9.17) is 0 Å². The van der Waals surface area contributed by atoms with Crippen molar-refractivity contribution < 1.29 is 0 Å². The first-order chi connectivity index (χ1) is 9.11. The summed E-state index contributed by atoms with van der Waals surface area (Å²) in [5, 5.41) is 10.2. The number of nitrogens with one attached hydrogen (secondary N) is 1. The highest BCUT2D eigenvalue weighted by molar-refractivity contribution is 9.10. The second kappa shape index (κ2) is 6.68. The number of rotatable bonds is 6. The lowest BCUT2D eigenvalue weighted by Crippen LogP contribution is -2.24. The highest BCUT2D eigenvalue weighted by atomic mass is 79.9. The smallest absolute Gasteiger partial charge is 0.0641 e. The zero-order chi connectivity index (χ0) is 13.8. The first-order valence-electron chi connectivity index (χ1n) is 6.57. The third-order valence-corrected chi connectivity index (χ3v) is 5.10. The first-order valence-corrected chi connectivity index (χ1v) is 8.24. The van der Waals surface area contributed by atoms with Gasteiger partial charge in [0.05, 0.1) is 5.69 Å². The molecule has 0 saturated carbocycles. The largest absolute Gasteiger partial charge is 0.310 e. The number of hydrogen-bond acceptors (Lipinski definition) is 3. The summed E-state index contributed by atoms with van der Waals surface area (Å²) in [5.74, 6) is 0. The van der Waals surface area contributed by atoms with E-state index < -0.39 is 0 Å². The van der Waals surface area contributed by atoms with E-state index >= 15 is 0 Å². The Morgan fingerprint density at radius 1 is 1.53 bits per heavy atom. The lowest BCUT2D eigenvalue weighted by molar-refractivity contribution is 0.529. The fraction of sp³-hybridized carbons (Fsp3) is 0.500. The second-order valence-corrected chi connectivity index (χ2v) is 6.60. The van der Waals surface area contributed by atoms with Gasteiger partial charge in [-0.15, -0.1) is 11.3 Å². The molecule has 0 radical (unpaired) electrons. The maximum absolute atomic E-state index is 4.46. The minimum atomic E-state index is 0.337. The Morgan fingerprint density at radius 2 is 2.32 bits per heavy atom. The normalized spacial score (nSPS) is 12.8. The van der Waals surface area contributed by atoms with Crippen molar-refractivity contribution in [1.82, 2.24) is 15.1 Å². The van der Waals surface area contributed by atoms with Crippen molar-refractivity contribution in [2.45, 2.75) is 32.7 Å². The molecule has 0 aliphatic rings. The maximum Gasteiger partial charge on any atom is 0.0641 e. The van der Waals surface area contributed by atoms with E-state index in [9.17, 15) is 0 Å². The van der Waals surface area contributed by atoms with Gasteiger partial charge in [-0.2, -0.15) is 5.10 Å². The van der Waals surface area contributed by atoms with Gasteiger partial charge >= 0.3 is 0 Å². The van der Waals surface area contributed by atoms with Crippen LogP contribution in [-0.4, -0.2) is 16.3 Å². The molecule has 2 heterocycles. The Labute approximate surface area is 127 Å². The summed E-state index contributed by atoms with van der Waals surface area (Å²) in [7, 11) is 1.98. The van der Waals surface area contributed by atoms with Crippen molar-refractivity contribution in [2.24, 2.45) is 7.05 Å². The Hall–Kier alpha value is -0.650. The Bertz CT molecular complexity index is 533. The molecule has 0 aliphatic carbocycles. The number of aromatic nitrogens is 2. The summed E-state index contributed by atoms with van der Waals surface area (Å²) in [6.45, 7) is 5.31. The van der Waals surface area contributed by atoms with Crippen molar-refractivity contribution >= 4 is 27.3 Å². The highest BCUT2D eigenvalue weighted by Gasteiger charge is 2.18. The molecule has 0 aliphatic heterocycles. The van der Waals surface area contributed by atoms with Crippen LogP contribution in [0.25, 0.3) is 0 Å². The van der Waals surface area contributed by atoms with Gasteiger partial charge in [0, 0.05) is 40.6 Å². The molecule has 1 atom stereocenters. The van der Waals surface area contributed by atoms with E-state index in [1.165, 1.54) is 14.9 Å². The van der Waals surface area contributed by atoms with E-state index in [0.717, 1.165) is 25.1 Å². The number of thiophene rings is 1. The van der Waals surface area contributed by atoms with Crippen LogP contribution in [0.5, 0.6) is 0 Å². The van der Waals surface area contributed by atoms with E-state index in [0.29, 0.717) is 6.04 Å². The van der Waals surface area contributed by atoms with Crippen molar-refractivity contribution in [1.29, 1.82) is 0 Å². The average Bonchev–Trinajstić information content (AvgIpc) is 2.91. The predicted octanol–water partition coefficient (Wildman–Crippen LogP) is 3.84. The van der Waals surface area contributed by atoms with Crippen molar-refractivity contribution in [3.63, 3.8) is 0 Å². The molecule has 2 aromatic rings. The van der Waals surface area contributed by atoms with Crippen molar-refractivity contribution in [2.75, 3.05) is 6.54 Å². The highest BCUT2D eigenvalue weighted by Crippen LogP contribution is 2.29. The molecule has 1 N–H and O–H groups in total. The van der Waals surface area contributed by atoms with Gasteiger partial charge in [-0.25, -0.2) is 0 Å². The van der Waals surface area contributed by atoms with Gasteiger partial charge in [0.2, 0.25) is 0 Å². The monoisotopic (exact) mass is 341 g/mol. The number of nitrogens with zero attached hydrogens (tertiary/aromatic N) is 2. The zero-order valence-electron chi connectivity index (χ0n) is 11.6. The fourth-order valence-corrected chi connectivity index (χ4v) is 3.79. The Morgan fingerprint density at radius 3 is 2.84 bits per heavy atom. The molecule has 0 amide bonds.